The van der Waals surface area contributed by atoms with Crippen molar-refractivity contribution in [3.63, 3.8) is 0 Å². The lowest BCUT2D eigenvalue weighted by Crippen LogP contribution is -2.36. The fourth-order valence-electron chi connectivity index (χ4n) is 3.56. The quantitative estimate of drug-likeness (QED) is 0.918. The minimum Gasteiger partial charge on any atom is -0.360 e. The summed E-state index contributed by atoms with van der Waals surface area (Å²) in [5.74, 6) is 1.49. The molecule has 0 saturated heterocycles. The lowest BCUT2D eigenvalue weighted by atomic mass is 9.98. The molecule has 134 valence electrons. The largest absolute Gasteiger partial charge is 0.360 e. The Bertz CT molecular complexity index is 880. The standard InChI is InChI=1S/C20H21N3O3/c24-19(17-10-18(26-22-17)13-1-2-13)21-16-6-5-12-7-8-23(11-15(12)9-16)20(25)14-3-4-14/h5-6,9-10,13-14H,1-4,7-8,11H2,(H,21,24). The number of carbonyl (C=O) groups excluding carboxylic acids is 2. The van der Waals surface area contributed by atoms with Gasteiger partial charge < -0.3 is 14.7 Å². The molecule has 2 saturated carbocycles. The molecule has 0 bridgehead atoms. The van der Waals surface area contributed by atoms with E-state index < -0.39 is 0 Å². The Hall–Kier alpha value is -2.63. The first-order valence-electron chi connectivity index (χ1n) is 9.36. The van der Waals surface area contributed by atoms with Crippen molar-refractivity contribution in [2.24, 2.45) is 5.92 Å². The molecule has 0 unspecified atom stereocenters. The number of fused-ring (bicyclic) bond motifs is 1. The molecule has 6 nitrogen and oxygen atoms in total. The second-order valence-corrected chi connectivity index (χ2v) is 7.61. The molecule has 1 aromatic heterocycles. The van der Waals surface area contributed by atoms with Crippen molar-refractivity contribution in [2.75, 3.05) is 11.9 Å². The normalized spacial score (nSPS) is 19.2. The number of carbonyl (C=O) groups is 2. The highest BCUT2D eigenvalue weighted by atomic mass is 16.5. The van der Waals surface area contributed by atoms with Gasteiger partial charge in [-0.25, -0.2) is 0 Å². The molecule has 6 heteroatoms. The summed E-state index contributed by atoms with van der Waals surface area (Å²) in [5.41, 5.74) is 3.41. The van der Waals surface area contributed by atoms with Gasteiger partial charge >= 0.3 is 0 Å². The van der Waals surface area contributed by atoms with Gasteiger partial charge in [0.15, 0.2) is 5.69 Å². The topological polar surface area (TPSA) is 75.4 Å². The predicted molar refractivity (Wildman–Crippen MR) is 94.7 cm³/mol. The summed E-state index contributed by atoms with van der Waals surface area (Å²) in [6, 6.07) is 7.67. The zero-order valence-corrected chi connectivity index (χ0v) is 14.5. The van der Waals surface area contributed by atoms with Crippen LogP contribution in [-0.4, -0.2) is 28.4 Å². The number of hydrogen-bond donors (Lipinski definition) is 1. The lowest BCUT2D eigenvalue weighted by molar-refractivity contribution is -0.133. The van der Waals surface area contributed by atoms with Crippen molar-refractivity contribution in [1.29, 1.82) is 0 Å². The first-order valence-corrected chi connectivity index (χ1v) is 9.36. The van der Waals surface area contributed by atoms with E-state index in [-0.39, 0.29) is 17.7 Å². The van der Waals surface area contributed by atoms with E-state index in [0.717, 1.165) is 55.7 Å². The minimum atomic E-state index is -0.262. The van der Waals surface area contributed by atoms with Crippen LogP contribution in [0.2, 0.25) is 0 Å². The number of rotatable bonds is 4. The predicted octanol–water partition coefficient (Wildman–Crippen LogP) is 3.10. The average molecular weight is 351 g/mol. The summed E-state index contributed by atoms with van der Waals surface area (Å²) in [4.78, 5) is 26.7. The van der Waals surface area contributed by atoms with Gasteiger partial charge in [0.25, 0.3) is 5.91 Å². The Morgan fingerprint density at radius 1 is 1.12 bits per heavy atom. The maximum absolute atomic E-state index is 12.4. The third-order valence-electron chi connectivity index (χ3n) is 5.46. The Morgan fingerprint density at radius 2 is 1.96 bits per heavy atom. The molecule has 1 N–H and O–H groups in total. The van der Waals surface area contributed by atoms with Crippen LogP contribution in [0.1, 0.15) is 59.0 Å². The molecule has 0 radical (unpaired) electrons. The van der Waals surface area contributed by atoms with Crippen molar-refractivity contribution < 1.29 is 14.1 Å². The molecular weight excluding hydrogens is 330 g/mol. The number of amides is 2. The monoisotopic (exact) mass is 351 g/mol. The van der Waals surface area contributed by atoms with Crippen LogP contribution >= 0.6 is 0 Å². The Labute approximate surface area is 151 Å². The third-order valence-corrected chi connectivity index (χ3v) is 5.46. The molecule has 3 aliphatic rings. The molecule has 5 rings (SSSR count). The van der Waals surface area contributed by atoms with Crippen LogP contribution in [0.15, 0.2) is 28.8 Å². The van der Waals surface area contributed by atoms with E-state index >= 15 is 0 Å². The number of nitrogens with zero attached hydrogens (tertiary/aromatic N) is 2. The van der Waals surface area contributed by atoms with Crippen LogP contribution in [0.25, 0.3) is 0 Å². The van der Waals surface area contributed by atoms with Gasteiger partial charge in [-0.15, -0.1) is 0 Å². The highest BCUT2D eigenvalue weighted by Gasteiger charge is 2.34. The van der Waals surface area contributed by atoms with E-state index in [1.165, 1.54) is 5.56 Å². The van der Waals surface area contributed by atoms with Gasteiger partial charge in [-0.2, -0.15) is 0 Å². The molecule has 0 spiro atoms. The summed E-state index contributed by atoms with van der Waals surface area (Å²) in [6.45, 7) is 1.42. The van der Waals surface area contributed by atoms with Gasteiger partial charge in [0.1, 0.15) is 5.76 Å². The summed E-state index contributed by atoms with van der Waals surface area (Å²) in [5, 5.41) is 6.78. The van der Waals surface area contributed by atoms with Gasteiger partial charge in [-0.05, 0) is 55.4 Å². The van der Waals surface area contributed by atoms with Crippen molar-refractivity contribution in [2.45, 2.75) is 44.6 Å². The molecule has 26 heavy (non-hydrogen) atoms. The van der Waals surface area contributed by atoms with Crippen LogP contribution < -0.4 is 5.32 Å². The molecule has 1 aromatic carbocycles. The van der Waals surface area contributed by atoms with Crippen LogP contribution in [-0.2, 0) is 17.8 Å². The number of benzene rings is 1. The van der Waals surface area contributed by atoms with Crippen LogP contribution in [0.3, 0.4) is 0 Å². The molecule has 2 amide bonds. The summed E-state index contributed by atoms with van der Waals surface area (Å²) in [7, 11) is 0. The maximum atomic E-state index is 12.4. The van der Waals surface area contributed by atoms with E-state index in [2.05, 4.69) is 10.5 Å². The Balaban J connectivity index is 1.29. The van der Waals surface area contributed by atoms with Crippen molar-refractivity contribution in [1.82, 2.24) is 10.1 Å². The molecule has 2 aromatic rings. The van der Waals surface area contributed by atoms with E-state index in [9.17, 15) is 9.59 Å². The number of aromatic nitrogens is 1. The second-order valence-electron chi connectivity index (χ2n) is 7.61. The van der Waals surface area contributed by atoms with Crippen molar-refractivity contribution in [3.8, 4) is 0 Å². The number of hydrogen-bond acceptors (Lipinski definition) is 4. The highest BCUT2D eigenvalue weighted by molar-refractivity contribution is 6.02. The smallest absolute Gasteiger partial charge is 0.277 e. The molecule has 1 aliphatic heterocycles. The third kappa shape index (κ3) is 3.00. The van der Waals surface area contributed by atoms with Crippen molar-refractivity contribution >= 4 is 17.5 Å². The molecule has 0 atom stereocenters. The van der Waals surface area contributed by atoms with Crippen LogP contribution in [0, 0.1) is 5.92 Å². The zero-order chi connectivity index (χ0) is 17.7. The Kier molecular flexibility index (Phi) is 3.58. The molecule has 2 fully saturated rings. The molecule has 2 aliphatic carbocycles. The van der Waals surface area contributed by atoms with Crippen LogP contribution in [0.5, 0.6) is 0 Å². The van der Waals surface area contributed by atoms with E-state index in [0.29, 0.717) is 18.2 Å². The average Bonchev–Trinajstić information content (AvgIpc) is 3.59. The molecule has 2 heterocycles. The number of anilines is 1. The fraction of sp³-hybridized carbons (Fsp3) is 0.450. The first kappa shape index (κ1) is 15.6. The summed E-state index contributed by atoms with van der Waals surface area (Å²) in [6.07, 6.45) is 5.14. The summed E-state index contributed by atoms with van der Waals surface area (Å²) < 4.78 is 5.25. The van der Waals surface area contributed by atoms with Gasteiger partial charge in [0, 0.05) is 36.7 Å². The maximum Gasteiger partial charge on any atom is 0.277 e. The summed E-state index contributed by atoms with van der Waals surface area (Å²) >= 11 is 0. The number of nitrogens with one attached hydrogen (secondary N) is 1. The van der Waals surface area contributed by atoms with Gasteiger partial charge in [0.2, 0.25) is 5.91 Å². The zero-order valence-electron chi connectivity index (χ0n) is 14.5. The van der Waals surface area contributed by atoms with E-state index in [1.807, 2.05) is 23.1 Å². The highest BCUT2D eigenvalue weighted by Crippen LogP contribution is 2.40. The lowest BCUT2D eigenvalue weighted by Gasteiger charge is -2.29. The fourth-order valence-corrected chi connectivity index (χ4v) is 3.56. The minimum absolute atomic E-state index is 0.243. The molecular formula is C20H21N3O3. The SMILES string of the molecule is O=C(Nc1ccc2c(c1)CN(C(=O)C1CC1)CC2)c1cc(C2CC2)on1. The first-order chi connectivity index (χ1) is 12.7. The van der Waals surface area contributed by atoms with Gasteiger partial charge in [-0.1, -0.05) is 11.2 Å². The van der Waals surface area contributed by atoms with E-state index in [4.69, 9.17) is 4.52 Å². The van der Waals surface area contributed by atoms with Gasteiger partial charge in [-0.3, -0.25) is 9.59 Å². The Morgan fingerprint density at radius 3 is 2.73 bits per heavy atom. The van der Waals surface area contributed by atoms with E-state index in [1.54, 1.807) is 6.07 Å². The van der Waals surface area contributed by atoms with Gasteiger partial charge in [0.05, 0.1) is 0 Å². The van der Waals surface area contributed by atoms with Crippen molar-refractivity contribution in [3.05, 3.63) is 46.8 Å². The second kappa shape index (κ2) is 5.97. The van der Waals surface area contributed by atoms with Crippen LogP contribution in [0.4, 0.5) is 5.69 Å².